The van der Waals surface area contributed by atoms with Gasteiger partial charge in [0.1, 0.15) is 13.3 Å². The van der Waals surface area contributed by atoms with Gasteiger partial charge in [-0.05, 0) is 6.92 Å². The molecule has 0 saturated heterocycles. The lowest BCUT2D eigenvalue weighted by Crippen LogP contribution is -2.15. The normalized spacial score (nSPS) is 11.3. The first-order valence-corrected chi connectivity index (χ1v) is 14.4. The molecular weight excluding hydrogens is 563 g/mol. The van der Waals surface area contributed by atoms with Gasteiger partial charge < -0.3 is 56.8 Å². The van der Waals surface area contributed by atoms with Crippen molar-refractivity contribution < 1.29 is 66.0 Å². The predicted octanol–water partition coefficient (Wildman–Crippen LogP) is 1.26. The van der Waals surface area contributed by atoms with Gasteiger partial charge in [0.05, 0.1) is 145 Å². The Balaban J connectivity index is 3.06. The van der Waals surface area contributed by atoms with Gasteiger partial charge in [0.15, 0.2) is 0 Å². The van der Waals surface area contributed by atoms with Crippen molar-refractivity contribution in [2.45, 2.75) is 6.92 Å². The Bertz CT molecular complexity index is 572. The van der Waals surface area contributed by atoms with Crippen LogP contribution in [-0.2, 0) is 61.6 Å². The Morgan fingerprint density at radius 3 is 0.786 bits per heavy atom. The average Bonchev–Trinajstić information content (AvgIpc) is 2.99. The monoisotopic (exact) mass is 616 g/mol. The molecule has 42 heavy (non-hydrogen) atoms. The fourth-order valence-corrected chi connectivity index (χ4v) is 2.67. The number of halogens is 1. The molecule has 0 aromatic heterocycles. The zero-order chi connectivity index (χ0) is 30.6. The van der Waals surface area contributed by atoms with Crippen LogP contribution in [0, 0.1) is 0 Å². The number of esters is 1. The first-order chi connectivity index (χ1) is 20.7. The van der Waals surface area contributed by atoms with Crippen LogP contribution in [0.2, 0.25) is 0 Å². The van der Waals surface area contributed by atoms with Gasteiger partial charge in [0.25, 0.3) is 0 Å². The van der Waals surface area contributed by atoms with Crippen LogP contribution in [0.4, 0.5) is 4.39 Å². The maximum Gasteiger partial charge on any atom is 0.333 e. The summed E-state index contributed by atoms with van der Waals surface area (Å²) in [7, 11) is 0. The number of hydrogen-bond donors (Lipinski definition) is 0. The Hall–Kier alpha value is -1.30. The molecule has 14 heteroatoms. The zero-order valence-corrected chi connectivity index (χ0v) is 25.4. The second-order valence-corrected chi connectivity index (χ2v) is 8.34. The SMILES string of the molecule is C=C(C)C(=O)OCCOCCOCCOCCOCCOCCOCCOCCOCCOCCOCCOCCF. The van der Waals surface area contributed by atoms with Crippen molar-refractivity contribution in [1.82, 2.24) is 0 Å². The molecule has 0 rings (SSSR count). The highest BCUT2D eigenvalue weighted by Gasteiger charge is 2.02. The van der Waals surface area contributed by atoms with E-state index in [1.807, 2.05) is 0 Å². The summed E-state index contributed by atoms with van der Waals surface area (Å²) in [6, 6.07) is 0. The molecule has 0 aliphatic carbocycles. The van der Waals surface area contributed by atoms with Crippen LogP contribution in [0.15, 0.2) is 12.2 Å². The van der Waals surface area contributed by atoms with E-state index in [2.05, 4.69) is 6.58 Å². The standard InChI is InChI=1S/C28H53FO13/c1-27(2)28(30)42-26-25-41-24-23-40-22-21-39-20-19-38-18-17-37-16-15-36-14-13-35-12-11-34-10-9-33-8-7-32-6-5-31-4-3-29/h1,3-26H2,2H3. The van der Waals surface area contributed by atoms with Gasteiger partial charge in [-0.2, -0.15) is 0 Å². The van der Waals surface area contributed by atoms with E-state index in [4.69, 9.17) is 56.8 Å². The van der Waals surface area contributed by atoms with Crippen molar-refractivity contribution in [1.29, 1.82) is 0 Å². The first-order valence-electron chi connectivity index (χ1n) is 14.4. The summed E-state index contributed by atoms with van der Waals surface area (Å²) in [5.41, 5.74) is 0.367. The van der Waals surface area contributed by atoms with E-state index in [-0.39, 0.29) is 13.2 Å². The van der Waals surface area contributed by atoms with Gasteiger partial charge in [-0.1, -0.05) is 6.58 Å². The quantitative estimate of drug-likeness (QED) is 0.0570. The number of carbonyl (C=O) groups is 1. The molecule has 0 saturated carbocycles. The fraction of sp³-hybridized carbons (Fsp3) is 0.893. The van der Waals surface area contributed by atoms with Gasteiger partial charge in [0.2, 0.25) is 0 Å². The number of ether oxygens (including phenoxy) is 12. The molecule has 0 aliphatic rings. The average molecular weight is 617 g/mol. The third-order valence-corrected chi connectivity index (χ3v) is 4.75. The molecular formula is C28H53FO13. The summed E-state index contributed by atoms with van der Waals surface area (Å²) >= 11 is 0. The van der Waals surface area contributed by atoms with E-state index in [0.717, 1.165) is 0 Å². The molecule has 0 atom stereocenters. The fourth-order valence-electron chi connectivity index (χ4n) is 2.67. The molecule has 0 bridgehead atoms. The maximum absolute atomic E-state index is 11.8. The molecule has 250 valence electrons. The molecule has 0 aliphatic heterocycles. The molecule has 0 radical (unpaired) electrons. The summed E-state index contributed by atoms with van der Waals surface area (Å²) < 4.78 is 75.6. The summed E-state index contributed by atoms with van der Waals surface area (Å²) in [6.07, 6.45) is 0. The molecule has 0 amide bonds. The van der Waals surface area contributed by atoms with E-state index in [1.165, 1.54) is 0 Å². The van der Waals surface area contributed by atoms with Crippen molar-refractivity contribution in [2.75, 3.05) is 159 Å². The van der Waals surface area contributed by atoms with Gasteiger partial charge >= 0.3 is 5.97 Å². The highest BCUT2D eigenvalue weighted by molar-refractivity contribution is 5.86. The second-order valence-electron chi connectivity index (χ2n) is 8.34. The second kappa shape index (κ2) is 35.9. The highest BCUT2D eigenvalue weighted by atomic mass is 19.1. The van der Waals surface area contributed by atoms with Crippen LogP contribution in [0.5, 0.6) is 0 Å². The Kier molecular flexibility index (Phi) is 34.8. The van der Waals surface area contributed by atoms with E-state index in [9.17, 15) is 9.18 Å². The van der Waals surface area contributed by atoms with Crippen LogP contribution < -0.4 is 0 Å². The smallest absolute Gasteiger partial charge is 0.333 e. The minimum atomic E-state index is -0.478. The zero-order valence-electron chi connectivity index (χ0n) is 25.4. The Morgan fingerprint density at radius 2 is 0.595 bits per heavy atom. The molecule has 0 spiro atoms. The van der Waals surface area contributed by atoms with Gasteiger partial charge in [-0.25, -0.2) is 9.18 Å². The van der Waals surface area contributed by atoms with Gasteiger partial charge in [-0.3, -0.25) is 0 Å². The van der Waals surface area contributed by atoms with Crippen LogP contribution in [0.25, 0.3) is 0 Å². The third kappa shape index (κ3) is 34.9. The largest absolute Gasteiger partial charge is 0.460 e. The van der Waals surface area contributed by atoms with Crippen LogP contribution in [0.3, 0.4) is 0 Å². The summed E-state index contributed by atoms with van der Waals surface area (Å²) in [5, 5.41) is 0. The number of carbonyl (C=O) groups excluding carboxylic acids is 1. The lowest BCUT2D eigenvalue weighted by Gasteiger charge is -2.09. The summed E-state index contributed by atoms with van der Waals surface area (Å²) in [5.74, 6) is -0.416. The maximum atomic E-state index is 11.8. The molecule has 0 aromatic rings. The lowest BCUT2D eigenvalue weighted by molar-refractivity contribution is -0.140. The number of rotatable bonds is 36. The Morgan fingerprint density at radius 1 is 0.405 bits per heavy atom. The summed E-state index contributed by atoms with van der Waals surface area (Å²) in [4.78, 5) is 11.2. The molecule has 0 N–H and O–H groups in total. The molecule has 0 heterocycles. The van der Waals surface area contributed by atoms with Crippen LogP contribution in [0.1, 0.15) is 6.92 Å². The topological polar surface area (TPSA) is 128 Å². The van der Waals surface area contributed by atoms with Gasteiger partial charge in [-0.15, -0.1) is 0 Å². The molecule has 13 nitrogen and oxygen atoms in total. The van der Waals surface area contributed by atoms with E-state index >= 15 is 0 Å². The van der Waals surface area contributed by atoms with E-state index in [0.29, 0.717) is 144 Å². The Labute approximate surface area is 250 Å². The molecule has 0 fully saturated rings. The predicted molar refractivity (Wildman–Crippen MR) is 151 cm³/mol. The minimum absolute atomic E-state index is 0.110. The van der Waals surface area contributed by atoms with Crippen molar-refractivity contribution >= 4 is 5.97 Å². The van der Waals surface area contributed by atoms with Crippen molar-refractivity contribution in [3.8, 4) is 0 Å². The number of hydrogen-bond acceptors (Lipinski definition) is 13. The molecule has 0 unspecified atom stereocenters. The highest BCUT2D eigenvalue weighted by Crippen LogP contribution is 1.92. The first kappa shape index (κ1) is 40.7. The third-order valence-electron chi connectivity index (χ3n) is 4.75. The van der Waals surface area contributed by atoms with E-state index < -0.39 is 12.6 Å². The van der Waals surface area contributed by atoms with Crippen LogP contribution >= 0.6 is 0 Å². The molecule has 0 aromatic carbocycles. The number of alkyl halides is 1. The lowest BCUT2D eigenvalue weighted by atomic mass is 10.4. The minimum Gasteiger partial charge on any atom is -0.460 e. The van der Waals surface area contributed by atoms with Crippen molar-refractivity contribution in [2.24, 2.45) is 0 Å². The van der Waals surface area contributed by atoms with Crippen LogP contribution in [-0.4, -0.2) is 165 Å². The van der Waals surface area contributed by atoms with Crippen molar-refractivity contribution in [3.05, 3.63) is 12.2 Å². The van der Waals surface area contributed by atoms with E-state index in [1.54, 1.807) is 6.92 Å². The van der Waals surface area contributed by atoms with Gasteiger partial charge in [0, 0.05) is 5.57 Å². The van der Waals surface area contributed by atoms with Crippen molar-refractivity contribution in [3.63, 3.8) is 0 Å². The summed E-state index contributed by atoms with van der Waals surface area (Å²) in [6.45, 7) is 14.6.